The number of nitrogens with one attached hydrogen (secondary N) is 2. The standard InChI is InChI=1S/C23H33N3O4/c1-18(27)25-12-11-24-14-20-9-10-22(29-3)23(13-20)30-17-21(28)16-26(2)15-19-7-5-4-6-8-19/h4-10,13,21,24,28H,11-12,14-17H2,1-3H3,(H,25,27). The summed E-state index contributed by atoms with van der Waals surface area (Å²) >= 11 is 0. The van der Waals surface area contributed by atoms with Crippen molar-refractivity contribution in [2.24, 2.45) is 0 Å². The van der Waals surface area contributed by atoms with Crippen LogP contribution in [0.3, 0.4) is 0 Å². The number of carbonyl (C=O) groups is 1. The van der Waals surface area contributed by atoms with Crippen molar-refractivity contribution >= 4 is 5.91 Å². The Labute approximate surface area is 179 Å². The van der Waals surface area contributed by atoms with Crippen molar-refractivity contribution in [1.82, 2.24) is 15.5 Å². The zero-order valence-electron chi connectivity index (χ0n) is 18.1. The summed E-state index contributed by atoms with van der Waals surface area (Å²) in [6.07, 6.45) is -0.622. The predicted octanol–water partition coefficient (Wildman–Crippen LogP) is 1.79. The van der Waals surface area contributed by atoms with E-state index in [1.54, 1.807) is 7.11 Å². The van der Waals surface area contributed by atoms with Crippen LogP contribution in [0, 0.1) is 0 Å². The highest BCUT2D eigenvalue weighted by Crippen LogP contribution is 2.28. The fourth-order valence-electron chi connectivity index (χ4n) is 3.06. The van der Waals surface area contributed by atoms with Gasteiger partial charge in [0.1, 0.15) is 12.7 Å². The minimum absolute atomic E-state index is 0.0371. The van der Waals surface area contributed by atoms with Crippen molar-refractivity contribution in [2.75, 3.05) is 40.4 Å². The van der Waals surface area contributed by atoms with E-state index in [4.69, 9.17) is 9.47 Å². The summed E-state index contributed by atoms with van der Waals surface area (Å²) in [5.74, 6) is 1.19. The van der Waals surface area contributed by atoms with E-state index in [0.717, 1.165) is 12.1 Å². The van der Waals surface area contributed by atoms with Crippen LogP contribution in [0.4, 0.5) is 0 Å². The summed E-state index contributed by atoms with van der Waals surface area (Å²) in [7, 11) is 3.57. The lowest BCUT2D eigenvalue weighted by Crippen LogP contribution is -2.32. The fraction of sp³-hybridized carbons (Fsp3) is 0.435. The molecule has 7 nitrogen and oxygen atoms in total. The zero-order valence-corrected chi connectivity index (χ0v) is 18.1. The molecule has 0 bridgehead atoms. The number of aliphatic hydroxyl groups excluding tert-OH is 1. The Kier molecular flexibility index (Phi) is 10.1. The first-order valence-corrected chi connectivity index (χ1v) is 10.1. The highest BCUT2D eigenvalue weighted by atomic mass is 16.5. The van der Waals surface area contributed by atoms with E-state index in [9.17, 15) is 9.90 Å². The van der Waals surface area contributed by atoms with Gasteiger partial charge in [-0.3, -0.25) is 9.69 Å². The molecular formula is C23H33N3O4. The first-order valence-electron chi connectivity index (χ1n) is 10.1. The Balaban J connectivity index is 1.81. The lowest BCUT2D eigenvalue weighted by atomic mass is 10.2. The third kappa shape index (κ3) is 8.82. The van der Waals surface area contributed by atoms with Gasteiger partial charge in [-0.05, 0) is 30.3 Å². The number of carbonyl (C=O) groups excluding carboxylic acids is 1. The summed E-state index contributed by atoms with van der Waals surface area (Å²) < 4.78 is 11.2. The molecule has 2 aromatic rings. The lowest BCUT2D eigenvalue weighted by molar-refractivity contribution is -0.118. The molecule has 0 aliphatic carbocycles. The average Bonchev–Trinajstić information content (AvgIpc) is 2.72. The van der Waals surface area contributed by atoms with Crippen molar-refractivity contribution in [1.29, 1.82) is 0 Å². The second kappa shape index (κ2) is 12.8. The van der Waals surface area contributed by atoms with E-state index in [-0.39, 0.29) is 12.5 Å². The predicted molar refractivity (Wildman–Crippen MR) is 118 cm³/mol. The maximum Gasteiger partial charge on any atom is 0.216 e. The molecule has 0 fully saturated rings. The maximum atomic E-state index is 10.9. The normalized spacial score (nSPS) is 11.9. The van der Waals surface area contributed by atoms with E-state index < -0.39 is 6.10 Å². The number of likely N-dealkylation sites (N-methyl/N-ethyl adjacent to an activating group) is 1. The quantitative estimate of drug-likeness (QED) is 0.433. The summed E-state index contributed by atoms with van der Waals surface area (Å²) in [6.45, 7) is 4.84. The van der Waals surface area contributed by atoms with E-state index in [1.165, 1.54) is 12.5 Å². The van der Waals surface area contributed by atoms with Gasteiger partial charge < -0.3 is 25.2 Å². The van der Waals surface area contributed by atoms with Crippen LogP contribution in [-0.2, 0) is 17.9 Å². The second-order valence-corrected chi connectivity index (χ2v) is 7.29. The molecule has 0 aromatic heterocycles. The van der Waals surface area contributed by atoms with Gasteiger partial charge in [0.05, 0.1) is 7.11 Å². The molecule has 2 aromatic carbocycles. The zero-order chi connectivity index (χ0) is 21.8. The van der Waals surface area contributed by atoms with Gasteiger partial charge in [0, 0.05) is 39.6 Å². The lowest BCUT2D eigenvalue weighted by Gasteiger charge is -2.21. The van der Waals surface area contributed by atoms with Crippen LogP contribution in [-0.4, -0.2) is 62.4 Å². The number of ether oxygens (including phenoxy) is 2. The minimum Gasteiger partial charge on any atom is -0.493 e. The molecule has 1 atom stereocenters. The number of rotatable bonds is 13. The first kappa shape index (κ1) is 23.7. The van der Waals surface area contributed by atoms with Crippen molar-refractivity contribution < 1.29 is 19.4 Å². The number of aliphatic hydroxyl groups is 1. The molecule has 2 rings (SSSR count). The van der Waals surface area contributed by atoms with Crippen molar-refractivity contribution in [3.8, 4) is 11.5 Å². The SMILES string of the molecule is COc1ccc(CNCCNC(C)=O)cc1OCC(O)CN(C)Cc1ccccc1. The van der Waals surface area contributed by atoms with Gasteiger partial charge >= 0.3 is 0 Å². The number of hydrogen-bond donors (Lipinski definition) is 3. The smallest absolute Gasteiger partial charge is 0.216 e. The van der Waals surface area contributed by atoms with Gasteiger partial charge in [0.2, 0.25) is 5.91 Å². The van der Waals surface area contributed by atoms with Crippen LogP contribution < -0.4 is 20.1 Å². The van der Waals surface area contributed by atoms with Crippen LogP contribution in [0.5, 0.6) is 11.5 Å². The summed E-state index contributed by atoms with van der Waals surface area (Å²) in [5, 5.41) is 16.4. The van der Waals surface area contributed by atoms with Crippen LogP contribution in [0.2, 0.25) is 0 Å². The van der Waals surface area contributed by atoms with Crippen molar-refractivity contribution in [3.05, 3.63) is 59.7 Å². The molecule has 1 unspecified atom stereocenters. The molecule has 0 aliphatic heterocycles. The Morgan fingerprint density at radius 2 is 1.87 bits per heavy atom. The second-order valence-electron chi connectivity index (χ2n) is 7.29. The largest absolute Gasteiger partial charge is 0.493 e. The van der Waals surface area contributed by atoms with Gasteiger partial charge in [-0.25, -0.2) is 0 Å². The van der Waals surface area contributed by atoms with Crippen LogP contribution in [0.15, 0.2) is 48.5 Å². The average molecular weight is 416 g/mol. The van der Waals surface area contributed by atoms with Gasteiger partial charge in [0.15, 0.2) is 11.5 Å². The van der Waals surface area contributed by atoms with Crippen molar-refractivity contribution in [2.45, 2.75) is 26.1 Å². The third-order valence-corrected chi connectivity index (χ3v) is 4.48. The fourth-order valence-corrected chi connectivity index (χ4v) is 3.06. The van der Waals surface area contributed by atoms with Crippen LogP contribution in [0.1, 0.15) is 18.1 Å². The highest BCUT2D eigenvalue weighted by molar-refractivity contribution is 5.72. The first-order chi connectivity index (χ1) is 14.5. The Bertz CT molecular complexity index is 770. The van der Waals surface area contributed by atoms with E-state index in [1.807, 2.05) is 43.4 Å². The molecule has 0 saturated heterocycles. The Morgan fingerprint density at radius 3 is 2.57 bits per heavy atom. The van der Waals surface area contributed by atoms with Crippen LogP contribution in [0.25, 0.3) is 0 Å². The number of methoxy groups -OCH3 is 1. The monoisotopic (exact) mass is 415 g/mol. The number of benzene rings is 2. The number of amides is 1. The molecule has 3 N–H and O–H groups in total. The molecule has 30 heavy (non-hydrogen) atoms. The topological polar surface area (TPSA) is 83.1 Å². The summed E-state index contributed by atoms with van der Waals surface area (Å²) in [6, 6.07) is 15.9. The van der Waals surface area contributed by atoms with Crippen molar-refractivity contribution in [3.63, 3.8) is 0 Å². The van der Waals surface area contributed by atoms with E-state index >= 15 is 0 Å². The van der Waals surface area contributed by atoms with E-state index in [2.05, 4.69) is 27.7 Å². The van der Waals surface area contributed by atoms with Crippen LogP contribution >= 0.6 is 0 Å². The molecular weight excluding hydrogens is 382 g/mol. The molecule has 0 saturated carbocycles. The minimum atomic E-state index is -0.622. The van der Waals surface area contributed by atoms with Gasteiger partial charge in [-0.2, -0.15) is 0 Å². The number of hydrogen-bond acceptors (Lipinski definition) is 6. The van der Waals surface area contributed by atoms with Gasteiger partial charge in [0.25, 0.3) is 0 Å². The molecule has 0 radical (unpaired) electrons. The van der Waals surface area contributed by atoms with Gasteiger partial charge in [-0.1, -0.05) is 36.4 Å². The van der Waals surface area contributed by atoms with Gasteiger partial charge in [-0.15, -0.1) is 0 Å². The third-order valence-electron chi connectivity index (χ3n) is 4.48. The maximum absolute atomic E-state index is 10.9. The Hall–Kier alpha value is -2.61. The molecule has 7 heteroatoms. The van der Waals surface area contributed by atoms with E-state index in [0.29, 0.717) is 37.7 Å². The Morgan fingerprint density at radius 1 is 1.10 bits per heavy atom. The number of nitrogens with zero attached hydrogens (tertiary/aromatic N) is 1. The summed E-state index contributed by atoms with van der Waals surface area (Å²) in [4.78, 5) is 13.0. The molecule has 0 spiro atoms. The highest BCUT2D eigenvalue weighted by Gasteiger charge is 2.12. The molecule has 0 aliphatic rings. The molecule has 0 heterocycles. The summed E-state index contributed by atoms with van der Waals surface area (Å²) in [5.41, 5.74) is 2.23. The molecule has 1 amide bonds. The molecule has 164 valence electrons.